The minimum absolute atomic E-state index is 0.153. The molecule has 0 bridgehead atoms. The Morgan fingerprint density at radius 2 is 1.81 bits per heavy atom. The van der Waals surface area contributed by atoms with Crippen LogP contribution in [0.15, 0.2) is 23.1 Å². The normalized spacial score (nSPS) is 12.6. The second-order valence-electron chi connectivity index (χ2n) is 3.23. The largest absolute Gasteiger partial charge is 0.418 e. The summed E-state index contributed by atoms with van der Waals surface area (Å²) < 4.78 is 60.0. The average molecular weight is 253 g/mol. The molecule has 0 aliphatic carbocycles. The molecular weight excluding hydrogens is 243 g/mol. The molecular formula is C9H10F3NO2S. The average Bonchev–Trinajstić information content (AvgIpc) is 2.14. The van der Waals surface area contributed by atoms with E-state index in [9.17, 15) is 21.6 Å². The lowest BCUT2D eigenvalue weighted by atomic mass is 10.1. The Bertz CT molecular complexity index is 494. The first kappa shape index (κ1) is 12.8. The maximum absolute atomic E-state index is 12.6. The van der Waals surface area contributed by atoms with Crippen LogP contribution in [0.5, 0.6) is 0 Å². The third kappa shape index (κ3) is 2.66. The van der Waals surface area contributed by atoms with Gasteiger partial charge in [-0.3, -0.25) is 0 Å². The van der Waals surface area contributed by atoms with E-state index >= 15 is 0 Å². The first-order valence-corrected chi connectivity index (χ1v) is 6.14. The minimum atomic E-state index is -4.58. The molecule has 0 saturated carbocycles. The second kappa shape index (κ2) is 3.97. The highest BCUT2D eigenvalue weighted by molar-refractivity contribution is 7.90. The van der Waals surface area contributed by atoms with E-state index in [0.29, 0.717) is 6.07 Å². The highest BCUT2D eigenvalue weighted by Crippen LogP contribution is 2.36. The quantitative estimate of drug-likeness (QED) is 0.878. The molecule has 0 unspecified atom stereocenters. The van der Waals surface area contributed by atoms with Crippen molar-refractivity contribution in [2.45, 2.75) is 11.1 Å². The number of hydrogen-bond donors (Lipinski definition) is 1. The van der Waals surface area contributed by atoms with Crippen molar-refractivity contribution in [2.24, 2.45) is 0 Å². The van der Waals surface area contributed by atoms with Gasteiger partial charge in [0.1, 0.15) is 0 Å². The summed E-state index contributed by atoms with van der Waals surface area (Å²) in [6.45, 7) is 0. The summed E-state index contributed by atoms with van der Waals surface area (Å²) >= 11 is 0. The molecule has 1 aromatic rings. The summed E-state index contributed by atoms with van der Waals surface area (Å²) in [5.74, 6) is 0. The molecule has 1 rings (SSSR count). The van der Waals surface area contributed by atoms with E-state index in [1.165, 1.54) is 7.05 Å². The monoisotopic (exact) mass is 253 g/mol. The molecule has 0 amide bonds. The number of sulfone groups is 1. The number of anilines is 1. The lowest BCUT2D eigenvalue weighted by molar-refractivity contribution is -0.137. The van der Waals surface area contributed by atoms with Gasteiger partial charge in [0.05, 0.1) is 10.5 Å². The molecule has 0 aliphatic rings. The molecule has 90 valence electrons. The lowest BCUT2D eigenvalue weighted by Crippen LogP contribution is -2.10. The van der Waals surface area contributed by atoms with Crippen molar-refractivity contribution in [1.82, 2.24) is 0 Å². The van der Waals surface area contributed by atoms with Crippen LogP contribution in [0.25, 0.3) is 0 Å². The van der Waals surface area contributed by atoms with E-state index in [2.05, 4.69) is 5.32 Å². The van der Waals surface area contributed by atoms with Crippen molar-refractivity contribution in [3.05, 3.63) is 23.8 Å². The smallest absolute Gasteiger partial charge is 0.388 e. The van der Waals surface area contributed by atoms with Crippen LogP contribution in [-0.2, 0) is 16.0 Å². The van der Waals surface area contributed by atoms with E-state index < -0.39 is 21.6 Å². The maximum Gasteiger partial charge on any atom is 0.418 e. The van der Waals surface area contributed by atoms with Crippen LogP contribution in [0.3, 0.4) is 0 Å². The summed E-state index contributed by atoms with van der Waals surface area (Å²) in [4.78, 5) is -0.348. The highest BCUT2D eigenvalue weighted by Gasteiger charge is 2.34. The van der Waals surface area contributed by atoms with Crippen LogP contribution in [-0.4, -0.2) is 21.7 Å². The molecule has 0 spiro atoms. The van der Waals surface area contributed by atoms with E-state index in [4.69, 9.17) is 0 Å². The van der Waals surface area contributed by atoms with Crippen molar-refractivity contribution in [2.75, 3.05) is 18.6 Å². The van der Waals surface area contributed by atoms with Gasteiger partial charge in [0.2, 0.25) is 0 Å². The Morgan fingerprint density at radius 1 is 1.25 bits per heavy atom. The molecule has 0 saturated heterocycles. The Kier molecular flexibility index (Phi) is 3.18. The van der Waals surface area contributed by atoms with Gasteiger partial charge in [-0.05, 0) is 18.2 Å². The zero-order valence-corrected chi connectivity index (χ0v) is 9.41. The SMILES string of the molecule is CNc1ccc(S(C)(=O)=O)cc1C(F)(F)F. The molecule has 0 heterocycles. The zero-order chi connectivity index (χ0) is 12.6. The molecule has 0 atom stereocenters. The summed E-state index contributed by atoms with van der Waals surface area (Å²) in [5.41, 5.74) is -1.14. The van der Waals surface area contributed by atoms with Crippen molar-refractivity contribution in [1.29, 1.82) is 0 Å². The van der Waals surface area contributed by atoms with Crippen molar-refractivity contribution in [3.63, 3.8) is 0 Å². The Balaban J connectivity index is 3.45. The molecule has 0 aromatic heterocycles. The fourth-order valence-corrected chi connectivity index (χ4v) is 1.85. The van der Waals surface area contributed by atoms with E-state index in [1.54, 1.807) is 0 Å². The molecule has 1 N–H and O–H groups in total. The number of hydrogen-bond acceptors (Lipinski definition) is 3. The third-order valence-corrected chi connectivity index (χ3v) is 3.10. The van der Waals surface area contributed by atoms with Gasteiger partial charge in [-0.1, -0.05) is 0 Å². The number of rotatable bonds is 2. The summed E-state index contributed by atoms with van der Waals surface area (Å²) in [5, 5.41) is 2.37. The van der Waals surface area contributed by atoms with Gasteiger partial charge in [0, 0.05) is 19.0 Å². The van der Waals surface area contributed by atoms with Crippen molar-refractivity contribution >= 4 is 15.5 Å². The van der Waals surface area contributed by atoms with Gasteiger partial charge >= 0.3 is 6.18 Å². The number of alkyl halides is 3. The van der Waals surface area contributed by atoms with Crippen LogP contribution in [0.2, 0.25) is 0 Å². The summed E-state index contributed by atoms with van der Waals surface area (Å²) in [6, 6.07) is 2.86. The van der Waals surface area contributed by atoms with E-state index in [-0.39, 0.29) is 10.6 Å². The molecule has 0 fully saturated rings. The fraction of sp³-hybridized carbons (Fsp3) is 0.333. The van der Waals surface area contributed by atoms with E-state index in [0.717, 1.165) is 18.4 Å². The van der Waals surface area contributed by atoms with Crippen LogP contribution >= 0.6 is 0 Å². The van der Waals surface area contributed by atoms with Crippen molar-refractivity contribution < 1.29 is 21.6 Å². The maximum atomic E-state index is 12.6. The second-order valence-corrected chi connectivity index (χ2v) is 5.24. The zero-order valence-electron chi connectivity index (χ0n) is 8.59. The molecule has 7 heteroatoms. The lowest BCUT2D eigenvalue weighted by Gasteiger charge is -2.13. The Labute approximate surface area is 91.2 Å². The molecule has 0 aliphatic heterocycles. The fourth-order valence-electron chi connectivity index (χ4n) is 1.21. The van der Waals surface area contributed by atoms with Gasteiger partial charge in [-0.15, -0.1) is 0 Å². The summed E-state index contributed by atoms with van der Waals surface area (Å²) in [6.07, 6.45) is -3.72. The van der Waals surface area contributed by atoms with Gasteiger partial charge in [0.25, 0.3) is 0 Å². The molecule has 16 heavy (non-hydrogen) atoms. The van der Waals surface area contributed by atoms with Gasteiger partial charge < -0.3 is 5.32 Å². The molecule has 1 aromatic carbocycles. The van der Waals surface area contributed by atoms with Crippen LogP contribution in [0.4, 0.5) is 18.9 Å². The third-order valence-electron chi connectivity index (χ3n) is 1.99. The number of halogens is 3. The topological polar surface area (TPSA) is 46.2 Å². The first-order valence-electron chi connectivity index (χ1n) is 4.25. The number of benzene rings is 1. The summed E-state index contributed by atoms with van der Waals surface area (Å²) in [7, 11) is -2.30. The standard InChI is InChI=1S/C9H10F3NO2S/c1-13-8-4-3-6(16(2,14)15)5-7(8)9(10,11)12/h3-5,13H,1-2H3. The van der Waals surface area contributed by atoms with Crippen molar-refractivity contribution in [3.8, 4) is 0 Å². The van der Waals surface area contributed by atoms with Crippen LogP contribution in [0, 0.1) is 0 Å². The van der Waals surface area contributed by atoms with Crippen LogP contribution < -0.4 is 5.32 Å². The minimum Gasteiger partial charge on any atom is -0.388 e. The van der Waals surface area contributed by atoms with E-state index in [1.807, 2.05) is 0 Å². The Morgan fingerprint density at radius 3 is 2.19 bits per heavy atom. The number of nitrogens with one attached hydrogen (secondary N) is 1. The predicted molar refractivity (Wildman–Crippen MR) is 54.1 cm³/mol. The predicted octanol–water partition coefficient (Wildman–Crippen LogP) is 2.15. The molecule has 3 nitrogen and oxygen atoms in total. The first-order chi connectivity index (χ1) is 7.16. The van der Waals surface area contributed by atoms with Gasteiger partial charge in [-0.25, -0.2) is 8.42 Å². The van der Waals surface area contributed by atoms with Crippen LogP contribution in [0.1, 0.15) is 5.56 Å². The highest BCUT2D eigenvalue weighted by atomic mass is 32.2. The Hall–Kier alpha value is -1.24. The van der Waals surface area contributed by atoms with Gasteiger partial charge in [-0.2, -0.15) is 13.2 Å². The molecule has 0 radical (unpaired) electrons. The van der Waals surface area contributed by atoms with Gasteiger partial charge in [0.15, 0.2) is 9.84 Å².